The number of ether oxygens (including phenoxy) is 2. The van der Waals surface area contributed by atoms with Gasteiger partial charge in [-0.25, -0.2) is 8.42 Å². The maximum absolute atomic E-state index is 13.6. The van der Waals surface area contributed by atoms with Gasteiger partial charge in [0.25, 0.3) is 0 Å². The van der Waals surface area contributed by atoms with Crippen LogP contribution in [0, 0.1) is 0 Å². The number of sulfonamides is 1. The average molecular weight is 506 g/mol. The third-order valence-corrected chi connectivity index (χ3v) is 6.49. The van der Waals surface area contributed by atoms with Gasteiger partial charge in [-0.3, -0.25) is 13.9 Å². The van der Waals surface area contributed by atoms with Gasteiger partial charge in [0.15, 0.2) is 0 Å². The minimum absolute atomic E-state index is 0.112. The van der Waals surface area contributed by atoms with Crippen LogP contribution in [-0.2, 0) is 26.2 Å². The lowest BCUT2D eigenvalue weighted by molar-refractivity contribution is -0.140. The van der Waals surface area contributed by atoms with E-state index >= 15 is 0 Å². The predicted molar refractivity (Wildman–Crippen MR) is 136 cm³/mol. The van der Waals surface area contributed by atoms with Crippen LogP contribution in [-0.4, -0.2) is 64.2 Å². The third-order valence-electron chi connectivity index (χ3n) is 5.35. The Morgan fingerprint density at radius 3 is 2.14 bits per heavy atom. The van der Waals surface area contributed by atoms with E-state index in [0.29, 0.717) is 23.6 Å². The molecule has 10 heteroatoms. The molecule has 0 radical (unpaired) electrons. The summed E-state index contributed by atoms with van der Waals surface area (Å²) in [6.07, 6.45) is 1.40. The van der Waals surface area contributed by atoms with Crippen LogP contribution in [0.5, 0.6) is 11.5 Å². The molecule has 0 saturated carbocycles. The van der Waals surface area contributed by atoms with Crippen LogP contribution < -0.4 is 19.1 Å². The molecule has 35 heavy (non-hydrogen) atoms. The molecule has 0 bridgehead atoms. The van der Waals surface area contributed by atoms with E-state index in [0.717, 1.165) is 16.1 Å². The Bertz CT molecular complexity index is 1100. The third kappa shape index (κ3) is 7.88. The van der Waals surface area contributed by atoms with Crippen molar-refractivity contribution in [2.75, 3.05) is 31.3 Å². The molecular formula is C25H35N3O6S. The Morgan fingerprint density at radius 1 is 1.00 bits per heavy atom. The number of anilines is 1. The molecule has 0 unspecified atom stereocenters. The van der Waals surface area contributed by atoms with Crippen LogP contribution >= 0.6 is 0 Å². The summed E-state index contributed by atoms with van der Waals surface area (Å²) in [4.78, 5) is 28.0. The highest BCUT2D eigenvalue weighted by Crippen LogP contribution is 2.24. The first-order valence-corrected chi connectivity index (χ1v) is 13.2. The topological polar surface area (TPSA) is 105 Å². The van der Waals surface area contributed by atoms with Crippen molar-refractivity contribution in [3.63, 3.8) is 0 Å². The van der Waals surface area contributed by atoms with E-state index in [1.54, 1.807) is 43.5 Å². The van der Waals surface area contributed by atoms with Gasteiger partial charge in [-0.1, -0.05) is 25.1 Å². The summed E-state index contributed by atoms with van der Waals surface area (Å²) in [5, 5.41) is 2.86. The highest BCUT2D eigenvalue weighted by Gasteiger charge is 2.32. The van der Waals surface area contributed by atoms with Crippen molar-refractivity contribution in [3.8, 4) is 11.5 Å². The number of rotatable bonds is 12. The molecule has 0 aliphatic heterocycles. The zero-order chi connectivity index (χ0) is 26.2. The van der Waals surface area contributed by atoms with Crippen molar-refractivity contribution in [1.29, 1.82) is 0 Å². The Hall–Kier alpha value is -3.27. The number of hydrogen-bond donors (Lipinski definition) is 1. The molecule has 2 aromatic rings. The first kappa shape index (κ1) is 28.0. The van der Waals surface area contributed by atoms with Gasteiger partial charge in [-0.2, -0.15) is 0 Å². The molecule has 0 aliphatic rings. The fourth-order valence-corrected chi connectivity index (χ4v) is 4.45. The summed E-state index contributed by atoms with van der Waals surface area (Å²) in [5.41, 5.74) is 1.08. The fraction of sp³-hybridized carbons (Fsp3) is 0.440. The molecule has 1 N–H and O–H groups in total. The molecule has 192 valence electrons. The zero-order valence-electron chi connectivity index (χ0n) is 21.1. The zero-order valence-corrected chi connectivity index (χ0v) is 22.0. The van der Waals surface area contributed by atoms with Crippen molar-refractivity contribution in [1.82, 2.24) is 10.2 Å². The second kappa shape index (κ2) is 12.4. The lowest BCUT2D eigenvalue weighted by Gasteiger charge is -2.33. The van der Waals surface area contributed by atoms with Crippen LogP contribution in [0.1, 0.15) is 32.8 Å². The fourth-order valence-electron chi connectivity index (χ4n) is 3.61. The Morgan fingerprint density at radius 2 is 1.63 bits per heavy atom. The predicted octanol–water partition coefficient (Wildman–Crippen LogP) is 2.80. The smallest absolute Gasteiger partial charge is 0.244 e. The summed E-state index contributed by atoms with van der Waals surface area (Å²) >= 11 is 0. The summed E-state index contributed by atoms with van der Waals surface area (Å²) in [6, 6.07) is 12.7. The number of nitrogens with zero attached hydrogens (tertiary/aromatic N) is 2. The van der Waals surface area contributed by atoms with Gasteiger partial charge in [0.1, 0.15) is 24.1 Å². The van der Waals surface area contributed by atoms with Crippen molar-refractivity contribution in [2.24, 2.45) is 0 Å². The second-order valence-corrected chi connectivity index (χ2v) is 10.3. The van der Waals surface area contributed by atoms with E-state index in [1.807, 2.05) is 32.9 Å². The standard InChI is InChI=1S/C25H35N3O6S/c1-7-23(25(30)26-18(2)3)27(16-19-11-13-21(33-4)14-12-19)24(29)17-28(35(6,31)32)20-9-8-10-22(15-20)34-5/h8-15,18,23H,7,16-17H2,1-6H3,(H,26,30)/t23-/m1/s1. The Balaban J connectivity index is 2.44. The lowest BCUT2D eigenvalue weighted by atomic mass is 10.1. The summed E-state index contributed by atoms with van der Waals surface area (Å²) in [7, 11) is -0.773. The summed E-state index contributed by atoms with van der Waals surface area (Å²) < 4.78 is 36.8. The van der Waals surface area contributed by atoms with Crippen molar-refractivity contribution in [3.05, 3.63) is 54.1 Å². The van der Waals surface area contributed by atoms with Gasteiger partial charge in [-0.05, 0) is 50.1 Å². The van der Waals surface area contributed by atoms with Gasteiger partial charge in [0.2, 0.25) is 21.8 Å². The van der Waals surface area contributed by atoms with Gasteiger partial charge in [-0.15, -0.1) is 0 Å². The van der Waals surface area contributed by atoms with E-state index in [2.05, 4.69) is 5.32 Å². The van der Waals surface area contributed by atoms with E-state index in [4.69, 9.17) is 9.47 Å². The minimum atomic E-state index is -3.81. The second-order valence-electron chi connectivity index (χ2n) is 8.43. The number of hydrogen-bond acceptors (Lipinski definition) is 6. The van der Waals surface area contributed by atoms with E-state index < -0.39 is 28.5 Å². The maximum atomic E-state index is 13.6. The molecule has 2 rings (SSSR count). The number of methoxy groups -OCH3 is 2. The molecule has 0 spiro atoms. The minimum Gasteiger partial charge on any atom is -0.497 e. The normalized spacial score (nSPS) is 12.1. The van der Waals surface area contributed by atoms with Crippen molar-refractivity contribution >= 4 is 27.5 Å². The molecular weight excluding hydrogens is 470 g/mol. The molecule has 9 nitrogen and oxygen atoms in total. The van der Waals surface area contributed by atoms with E-state index in [-0.39, 0.29) is 18.5 Å². The number of carbonyl (C=O) groups is 2. The Labute approximate surface area is 208 Å². The highest BCUT2D eigenvalue weighted by atomic mass is 32.2. The van der Waals surface area contributed by atoms with Crippen LogP contribution in [0.2, 0.25) is 0 Å². The number of carbonyl (C=O) groups excluding carboxylic acids is 2. The first-order valence-electron chi connectivity index (χ1n) is 11.3. The SMILES string of the molecule is CC[C@H](C(=O)NC(C)C)N(Cc1ccc(OC)cc1)C(=O)CN(c1cccc(OC)c1)S(C)(=O)=O. The van der Waals surface area contributed by atoms with Gasteiger partial charge >= 0.3 is 0 Å². The molecule has 2 aromatic carbocycles. The molecule has 2 amide bonds. The first-order chi connectivity index (χ1) is 16.5. The molecule has 0 heterocycles. The quantitative estimate of drug-likeness (QED) is 0.476. The molecule has 0 aliphatic carbocycles. The number of nitrogens with one attached hydrogen (secondary N) is 1. The lowest BCUT2D eigenvalue weighted by Crippen LogP contribution is -2.53. The molecule has 0 saturated heterocycles. The largest absolute Gasteiger partial charge is 0.497 e. The number of amides is 2. The highest BCUT2D eigenvalue weighted by molar-refractivity contribution is 7.92. The monoisotopic (exact) mass is 505 g/mol. The van der Waals surface area contributed by atoms with Gasteiger partial charge in [0, 0.05) is 18.7 Å². The Kier molecular flexibility index (Phi) is 9.94. The van der Waals surface area contributed by atoms with Crippen LogP contribution in [0.15, 0.2) is 48.5 Å². The van der Waals surface area contributed by atoms with Crippen LogP contribution in [0.25, 0.3) is 0 Å². The molecule has 0 fully saturated rings. The van der Waals surface area contributed by atoms with E-state index in [1.165, 1.54) is 12.0 Å². The van der Waals surface area contributed by atoms with Gasteiger partial charge in [0.05, 0.1) is 26.2 Å². The van der Waals surface area contributed by atoms with Crippen LogP contribution in [0.4, 0.5) is 5.69 Å². The van der Waals surface area contributed by atoms with Gasteiger partial charge < -0.3 is 19.7 Å². The average Bonchev–Trinajstić information content (AvgIpc) is 2.81. The molecule has 0 aromatic heterocycles. The van der Waals surface area contributed by atoms with Crippen LogP contribution in [0.3, 0.4) is 0 Å². The van der Waals surface area contributed by atoms with E-state index in [9.17, 15) is 18.0 Å². The number of benzene rings is 2. The molecule has 1 atom stereocenters. The maximum Gasteiger partial charge on any atom is 0.244 e. The van der Waals surface area contributed by atoms with Crippen molar-refractivity contribution < 1.29 is 27.5 Å². The summed E-state index contributed by atoms with van der Waals surface area (Å²) in [5.74, 6) is 0.329. The van der Waals surface area contributed by atoms with Crippen molar-refractivity contribution in [2.45, 2.75) is 45.8 Å². The summed E-state index contributed by atoms with van der Waals surface area (Å²) in [6.45, 7) is 5.16.